The van der Waals surface area contributed by atoms with Gasteiger partial charge in [0, 0.05) is 19.7 Å². The third-order valence-corrected chi connectivity index (χ3v) is 0.852. The molecule has 0 amide bonds. The molecular weight excluding hydrogens is 100 g/mol. The predicted molar refractivity (Wildman–Crippen MR) is 37.8 cm³/mol. The molecule has 0 aliphatic heterocycles. The van der Waals surface area contributed by atoms with Crippen LogP contribution in [0, 0.1) is 0 Å². The maximum absolute atomic E-state index is 3.99. The summed E-state index contributed by atoms with van der Waals surface area (Å²) in [6.45, 7) is 3.93. The third kappa shape index (κ3) is 2.50. The zero-order valence-corrected chi connectivity index (χ0v) is 5.68. The van der Waals surface area contributed by atoms with Gasteiger partial charge < -0.3 is 0 Å². The minimum atomic E-state index is 0.910. The molecule has 0 heterocycles. The summed E-state index contributed by atoms with van der Waals surface area (Å²) < 4.78 is 0. The van der Waals surface area contributed by atoms with E-state index in [9.17, 15) is 0 Å². The number of amidine groups is 1. The molecule has 46 valence electrons. The Labute approximate surface area is 50.4 Å². The van der Waals surface area contributed by atoms with Gasteiger partial charge in [-0.15, -0.1) is 0 Å². The van der Waals surface area contributed by atoms with Crippen molar-refractivity contribution >= 4 is 12.1 Å². The summed E-state index contributed by atoms with van der Waals surface area (Å²) in [5, 5.41) is 0. The summed E-state index contributed by atoms with van der Waals surface area (Å²) in [4.78, 5) is 7.90. The first-order chi connectivity index (χ1) is 3.85. The Balaban J connectivity index is 3.72. The lowest BCUT2D eigenvalue weighted by Gasteiger charge is -1.88. The summed E-state index contributed by atoms with van der Waals surface area (Å²) in [6.07, 6.45) is 2.67. The maximum atomic E-state index is 3.99. The lowest BCUT2D eigenvalue weighted by atomic mass is 10.4. The third-order valence-electron chi connectivity index (χ3n) is 0.852. The molecule has 0 atom stereocenters. The van der Waals surface area contributed by atoms with Crippen LogP contribution < -0.4 is 0 Å². The zero-order chi connectivity index (χ0) is 6.41. The molecular formula is C6H12N2. The van der Waals surface area contributed by atoms with Gasteiger partial charge in [-0.05, 0) is 6.92 Å². The molecule has 0 unspecified atom stereocenters. The summed E-state index contributed by atoms with van der Waals surface area (Å²) in [5.41, 5.74) is 0. The van der Waals surface area contributed by atoms with E-state index in [0.29, 0.717) is 0 Å². The fraction of sp³-hybridized carbons (Fsp3) is 0.667. The first-order valence-electron chi connectivity index (χ1n) is 2.79. The quantitative estimate of drug-likeness (QED) is 0.363. The van der Waals surface area contributed by atoms with Crippen molar-refractivity contribution in [2.45, 2.75) is 20.3 Å². The van der Waals surface area contributed by atoms with Gasteiger partial charge in [-0.25, -0.2) is 4.99 Å². The fourth-order valence-electron chi connectivity index (χ4n) is 0.456. The van der Waals surface area contributed by atoms with Crippen LogP contribution in [0.3, 0.4) is 0 Å². The molecule has 0 saturated carbocycles. The van der Waals surface area contributed by atoms with Gasteiger partial charge >= 0.3 is 0 Å². The van der Waals surface area contributed by atoms with Crippen LogP contribution in [0.1, 0.15) is 20.3 Å². The SMILES string of the molecule is CC=NC(CC)=NC. The van der Waals surface area contributed by atoms with E-state index >= 15 is 0 Å². The van der Waals surface area contributed by atoms with Gasteiger partial charge in [0.1, 0.15) is 5.84 Å². The zero-order valence-electron chi connectivity index (χ0n) is 5.68. The molecule has 2 heteroatoms. The van der Waals surface area contributed by atoms with Gasteiger partial charge in [0.2, 0.25) is 0 Å². The second-order valence-electron chi connectivity index (χ2n) is 1.38. The molecule has 0 bridgehead atoms. The Morgan fingerprint density at radius 1 is 1.62 bits per heavy atom. The lowest BCUT2D eigenvalue weighted by Crippen LogP contribution is -1.88. The molecule has 0 aromatic carbocycles. The second-order valence-corrected chi connectivity index (χ2v) is 1.38. The molecule has 2 nitrogen and oxygen atoms in total. The van der Waals surface area contributed by atoms with Crippen LogP contribution in [0.4, 0.5) is 0 Å². The highest BCUT2D eigenvalue weighted by Gasteiger charge is 1.82. The molecule has 0 rings (SSSR count). The van der Waals surface area contributed by atoms with Crippen molar-refractivity contribution in [1.82, 2.24) is 0 Å². The molecule has 0 aromatic heterocycles. The average Bonchev–Trinajstić information content (AvgIpc) is 1.83. The van der Waals surface area contributed by atoms with Gasteiger partial charge in [0.25, 0.3) is 0 Å². The standard InChI is InChI=1S/C6H12N2/c1-4-6(7-3)8-5-2/h5H,4H2,1-3H3. The van der Waals surface area contributed by atoms with E-state index in [1.54, 1.807) is 13.3 Å². The van der Waals surface area contributed by atoms with Crippen molar-refractivity contribution in [2.75, 3.05) is 7.05 Å². The topological polar surface area (TPSA) is 24.7 Å². The van der Waals surface area contributed by atoms with Crippen LogP contribution in [0.5, 0.6) is 0 Å². The normalized spacial score (nSPS) is 13.1. The first-order valence-corrected chi connectivity index (χ1v) is 2.79. The van der Waals surface area contributed by atoms with Crippen molar-refractivity contribution in [3.05, 3.63) is 0 Å². The van der Waals surface area contributed by atoms with E-state index < -0.39 is 0 Å². The number of aliphatic imine (C=N–C) groups is 2. The van der Waals surface area contributed by atoms with E-state index in [4.69, 9.17) is 0 Å². The number of nitrogens with zero attached hydrogens (tertiary/aromatic N) is 2. The van der Waals surface area contributed by atoms with Crippen LogP contribution in [0.2, 0.25) is 0 Å². The summed E-state index contributed by atoms with van der Waals surface area (Å²) >= 11 is 0. The van der Waals surface area contributed by atoms with Gasteiger partial charge in [0.05, 0.1) is 0 Å². The van der Waals surface area contributed by atoms with Gasteiger partial charge in [-0.1, -0.05) is 6.92 Å². The second kappa shape index (κ2) is 4.50. The smallest absolute Gasteiger partial charge is 0.122 e. The Kier molecular flexibility index (Phi) is 4.13. The number of hydrogen-bond acceptors (Lipinski definition) is 1. The average molecular weight is 112 g/mol. The van der Waals surface area contributed by atoms with Crippen LogP contribution in [-0.2, 0) is 0 Å². The van der Waals surface area contributed by atoms with E-state index in [1.807, 2.05) is 13.8 Å². The van der Waals surface area contributed by atoms with Crippen molar-refractivity contribution in [3.8, 4) is 0 Å². The van der Waals surface area contributed by atoms with Crippen molar-refractivity contribution < 1.29 is 0 Å². The van der Waals surface area contributed by atoms with E-state index in [0.717, 1.165) is 12.3 Å². The molecule has 0 fully saturated rings. The molecule has 0 aliphatic carbocycles. The molecule has 0 saturated heterocycles. The van der Waals surface area contributed by atoms with Crippen LogP contribution in [0.15, 0.2) is 9.98 Å². The van der Waals surface area contributed by atoms with Crippen LogP contribution >= 0.6 is 0 Å². The van der Waals surface area contributed by atoms with E-state index in [1.165, 1.54) is 0 Å². The molecule has 0 spiro atoms. The van der Waals surface area contributed by atoms with Gasteiger partial charge in [0.15, 0.2) is 0 Å². The highest BCUT2D eigenvalue weighted by Crippen LogP contribution is 1.83. The fourth-order valence-corrected chi connectivity index (χ4v) is 0.456. The van der Waals surface area contributed by atoms with Crippen molar-refractivity contribution in [2.24, 2.45) is 9.98 Å². The largest absolute Gasteiger partial charge is 0.274 e. The van der Waals surface area contributed by atoms with E-state index in [-0.39, 0.29) is 0 Å². The minimum Gasteiger partial charge on any atom is -0.274 e. The van der Waals surface area contributed by atoms with Crippen molar-refractivity contribution in [3.63, 3.8) is 0 Å². The molecule has 0 radical (unpaired) electrons. The molecule has 0 aromatic rings. The number of hydrogen-bond donors (Lipinski definition) is 0. The predicted octanol–water partition coefficient (Wildman–Crippen LogP) is 1.52. The Hall–Kier alpha value is -0.660. The highest BCUT2D eigenvalue weighted by molar-refractivity contribution is 5.88. The monoisotopic (exact) mass is 112 g/mol. The van der Waals surface area contributed by atoms with Crippen LogP contribution in [0.25, 0.3) is 0 Å². The summed E-state index contributed by atoms with van der Waals surface area (Å²) in [5.74, 6) is 0.910. The van der Waals surface area contributed by atoms with Crippen LogP contribution in [-0.4, -0.2) is 19.1 Å². The highest BCUT2D eigenvalue weighted by atomic mass is 14.9. The molecule has 8 heavy (non-hydrogen) atoms. The maximum Gasteiger partial charge on any atom is 0.122 e. The Bertz CT molecular complexity index is 100. The Morgan fingerprint density at radius 3 is 2.38 bits per heavy atom. The number of rotatable bonds is 1. The van der Waals surface area contributed by atoms with Crippen molar-refractivity contribution in [1.29, 1.82) is 0 Å². The van der Waals surface area contributed by atoms with Gasteiger partial charge in [-0.2, -0.15) is 0 Å². The minimum absolute atomic E-state index is 0.910. The Morgan fingerprint density at radius 2 is 2.25 bits per heavy atom. The lowest BCUT2D eigenvalue weighted by molar-refractivity contribution is 1.22. The van der Waals surface area contributed by atoms with E-state index in [2.05, 4.69) is 9.98 Å². The summed E-state index contributed by atoms with van der Waals surface area (Å²) in [7, 11) is 1.76. The first kappa shape index (κ1) is 7.34. The molecule has 0 aliphatic rings. The van der Waals surface area contributed by atoms with Gasteiger partial charge in [-0.3, -0.25) is 4.99 Å². The molecule has 0 N–H and O–H groups in total. The summed E-state index contributed by atoms with van der Waals surface area (Å²) in [6, 6.07) is 0.